The van der Waals surface area contributed by atoms with Crippen molar-refractivity contribution in [3.8, 4) is 5.75 Å². The van der Waals surface area contributed by atoms with Crippen LogP contribution >= 0.6 is 0 Å². The zero-order chi connectivity index (χ0) is 15.4. The Labute approximate surface area is 122 Å². The van der Waals surface area contributed by atoms with Gasteiger partial charge in [-0.2, -0.15) is 0 Å². The molecule has 0 bridgehead atoms. The van der Waals surface area contributed by atoms with Crippen molar-refractivity contribution >= 4 is 11.6 Å². The molecule has 3 N–H and O–H groups in total. The molecule has 0 aliphatic rings. The van der Waals surface area contributed by atoms with E-state index in [1.165, 1.54) is 12.1 Å². The van der Waals surface area contributed by atoms with Gasteiger partial charge < -0.3 is 15.8 Å². The van der Waals surface area contributed by atoms with Gasteiger partial charge in [0.1, 0.15) is 11.6 Å². The Morgan fingerprint density at radius 2 is 2.05 bits per heavy atom. The lowest BCUT2D eigenvalue weighted by Gasteiger charge is -2.10. The quantitative estimate of drug-likeness (QED) is 0.850. The summed E-state index contributed by atoms with van der Waals surface area (Å²) in [6.07, 6.45) is 0. The summed E-state index contributed by atoms with van der Waals surface area (Å²) in [5.74, 6) is -0.160. The molecule has 2 aromatic carbocycles. The third-order valence-electron chi connectivity index (χ3n) is 3.19. The van der Waals surface area contributed by atoms with E-state index in [0.29, 0.717) is 23.5 Å². The molecule has 0 saturated heterocycles. The number of hydrogen-bond donors (Lipinski definition) is 2. The minimum Gasteiger partial charge on any atom is -0.495 e. The smallest absolute Gasteiger partial charge is 0.251 e. The predicted molar refractivity (Wildman–Crippen MR) is 79.7 cm³/mol. The number of nitrogen functional groups attached to an aromatic ring is 1. The summed E-state index contributed by atoms with van der Waals surface area (Å²) in [6.45, 7) is 2.07. The first-order valence-electron chi connectivity index (χ1n) is 6.48. The van der Waals surface area contributed by atoms with Crippen molar-refractivity contribution in [2.75, 3.05) is 12.8 Å². The van der Waals surface area contributed by atoms with E-state index < -0.39 is 5.82 Å². The molecule has 0 atom stereocenters. The standard InChI is InChI=1S/C16H17FN2O2/c1-10-3-5-12(17)8-13(10)16(20)19-9-11-4-6-15(21-2)14(18)7-11/h3-8H,9,18H2,1-2H3,(H,19,20). The number of carbonyl (C=O) groups is 1. The molecule has 4 nitrogen and oxygen atoms in total. The maximum atomic E-state index is 13.2. The predicted octanol–water partition coefficient (Wildman–Crippen LogP) is 2.65. The molecule has 0 aliphatic carbocycles. The number of ether oxygens (including phenoxy) is 1. The molecule has 2 aromatic rings. The molecule has 1 amide bonds. The van der Waals surface area contributed by atoms with Crippen molar-refractivity contribution in [2.45, 2.75) is 13.5 Å². The molecule has 0 aromatic heterocycles. The van der Waals surface area contributed by atoms with Gasteiger partial charge >= 0.3 is 0 Å². The number of carbonyl (C=O) groups excluding carboxylic acids is 1. The first-order chi connectivity index (χ1) is 10.0. The van der Waals surface area contributed by atoms with Crippen LogP contribution in [0.4, 0.5) is 10.1 Å². The fourth-order valence-corrected chi connectivity index (χ4v) is 2.01. The number of anilines is 1. The lowest BCUT2D eigenvalue weighted by molar-refractivity contribution is 0.0950. The molecule has 0 radical (unpaired) electrons. The second-order valence-electron chi connectivity index (χ2n) is 4.72. The number of nitrogens with one attached hydrogen (secondary N) is 1. The molecule has 0 saturated carbocycles. The highest BCUT2D eigenvalue weighted by molar-refractivity contribution is 5.95. The van der Waals surface area contributed by atoms with Crippen LogP contribution in [-0.4, -0.2) is 13.0 Å². The topological polar surface area (TPSA) is 64.3 Å². The van der Waals surface area contributed by atoms with Gasteiger partial charge in [-0.05, 0) is 42.3 Å². The van der Waals surface area contributed by atoms with Crippen LogP contribution in [0.15, 0.2) is 36.4 Å². The van der Waals surface area contributed by atoms with Crippen LogP contribution in [0.1, 0.15) is 21.5 Å². The van der Waals surface area contributed by atoms with E-state index in [4.69, 9.17) is 10.5 Å². The van der Waals surface area contributed by atoms with Gasteiger partial charge in [0.25, 0.3) is 5.91 Å². The molecule has 0 aliphatic heterocycles. The highest BCUT2D eigenvalue weighted by Crippen LogP contribution is 2.21. The SMILES string of the molecule is COc1ccc(CNC(=O)c2cc(F)ccc2C)cc1N. The summed E-state index contributed by atoms with van der Waals surface area (Å²) in [5, 5.41) is 2.75. The molecule has 0 unspecified atom stereocenters. The maximum Gasteiger partial charge on any atom is 0.251 e. The number of benzene rings is 2. The fraction of sp³-hybridized carbons (Fsp3) is 0.188. The number of nitrogens with two attached hydrogens (primary N) is 1. The monoisotopic (exact) mass is 288 g/mol. The van der Waals surface area contributed by atoms with Gasteiger partial charge in [-0.15, -0.1) is 0 Å². The molecule has 0 spiro atoms. The van der Waals surface area contributed by atoms with Crippen molar-refractivity contribution in [1.29, 1.82) is 0 Å². The van der Waals surface area contributed by atoms with Crippen LogP contribution in [0.5, 0.6) is 5.75 Å². The summed E-state index contributed by atoms with van der Waals surface area (Å²) in [5.41, 5.74) is 8.21. The third kappa shape index (κ3) is 3.51. The molecule has 0 heterocycles. The average Bonchev–Trinajstić information content (AvgIpc) is 2.47. The van der Waals surface area contributed by atoms with Crippen molar-refractivity contribution in [3.05, 3.63) is 58.9 Å². The molecule has 5 heteroatoms. The van der Waals surface area contributed by atoms with Crippen LogP contribution in [0.3, 0.4) is 0 Å². The zero-order valence-corrected chi connectivity index (χ0v) is 11.9. The highest BCUT2D eigenvalue weighted by atomic mass is 19.1. The number of rotatable bonds is 4. The molecule has 2 rings (SSSR count). The second kappa shape index (κ2) is 6.26. The van der Waals surface area contributed by atoms with E-state index >= 15 is 0 Å². The largest absolute Gasteiger partial charge is 0.495 e. The van der Waals surface area contributed by atoms with E-state index in [-0.39, 0.29) is 5.91 Å². The minimum atomic E-state index is -0.431. The van der Waals surface area contributed by atoms with Gasteiger partial charge in [-0.1, -0.05) is 12.1 Å². The van der Waals surface area contributed by atoms with Crippen LogP contribution in [0.25, 0.3) is 0 Å². The fourth-order valence-electron chi connectivity index (χ4n) is 2.01. The molecule has 0 fully saturated rings. The number of methoxy groups -OCH3 is 1. The van der Waals surface area contributed by atoms with Gasteiger partial charge in [0.15, 0.2) is 0 Å². The molecule has 110 valence electrons. The van der Waals surface area contributed by atoms with Crippen LogP contribution in [0, 0.1) is 12.7 Å². The van der Waals surface area contributed by atoms with E-state index in [1.807, 2.05) is 6.07 Å². The lowest BCUT2D eigenvalue weighted by Crippen LogP contribution is -2.23. The minimum absolute atomic E-state index is 0.309. The average molecular weight is 288 g/mol. The van der Waals surface area contributed by atoms with Crippen molar-refractivity contribution in [3.63, 3.8) is 0 Å². The number of hydrogen-bond acceptors (Lipinski definition) is 3. The van der Waals surface area contributed by atoms with E-state index in [9.17, 15) is 9.18 Å². The van der Waals surface area contributed by atoms with Crippen molar-refractivity contribution < 1.29 is 13.9 Å². The summed E-state index contributed by atoms with van der Waals surface area (Å²) in [6, 6.07) is 9.43. The summed E-state index contributed by atoms with van der Waals surface area (Å²) >= 11 is 0. The Kier molecular flexibility index (Phi) is 4.42. The number of amides is 1. The first kappa shape index (κ1) is 14.8. The van der Waals surface area contributed by atoms with Gasteiger partial charge in [-0.25, -0.2) is 4.39 Å². The summed E-state index contributed by atoms with van der Waals surface area (Å²) in [4.78, 5) is 12.1. The van der Waals surface area contributed by atoms with Gasteiger partial charge in [0.2, 0.25) is 0 Å². The highest BCUT2D eigenvalue weighted by Gasteiger charge is 2.10. The Hall–Kier alpha value is -2.56. The van der Waals surface area contributed by atoms with Crippen LogP contribution in [-0.2, 0) is 6.54 Å². The van der Waals surface area contributed by atoms with Crippen molar-refractivity contribution in [1.82, 2.24) is 5.32 Å². The van der Waals surface area contributed by atoms with E-state index in [0.717, 1.165) is 11.1 Å². The first-order valence-corrected chi connectivity index (χ1v) is 6.48. The van der Waals surface area contributed by atoms with Crippen LogP contribution in [0.2, 0.25) is 0 Å². The van der Waals surface area contributed by atoms with E-state index in [1.54, 1.807) is 32.2 Å². The maximum absolute atomic E-state index is 13.2. The second-order valence-corrected chi connectivity index (χ2v) is 4.72. The summed E-state index contributed by atoms with van der Waals surface area (Å²) < 4.78 is 18.3. The Morgan fingerprint density at radius 1 is 1.29 bits per heavy atom. The van der Waals surface area contributed by atoms with Crippen molar-refractivity contribution in [2.24, 2.45) is 0 Å². The van der Waals surface area contributed by atoms with Gasteiger partial charge in [-0.3, -0.25) is 4.79 Å². The zero-order valence-electron chi connectivity index (χ0n) is 11.9. The van der Waals surface area contributed by atoms with E-state index in [2.05, 4.69) is 5.32 Å². The number of aryl methyl sites for hydroxylation is 1. The number of halogens is 1. The molecular formula is C16H17FN2O2. The lowest BCUT2D eigenvalue weighted by atomic mass is 10.1. The Bertz CT molecular complexity index is 671. The Balaban J connectivity index is 2.07. The Morgan fingerprint density at radius 3 is 2.71 bits per heavy atom. The molecule has 21 heavy (non-hydrogen) atoms. The molecular weight excluding hydrogens is 271 g/mol. The summed E-state index contributed by atoms with van der Waals surface area (Å²) in [7, 11) is 1.54. The van der Waals surface area contributed by atoms with Gasteiger partial charge in [0, 0.05) is 12.1 Å². The van der Waals surface area contributed by atoms with Gasteiger partial charge in [0.05, 0.1) is 12.8 Å². The van der Waals surface area contributed by atoms with Crippen LogP contribution < -0.4 is 15.8 Å². The normalized spacial score (nSPS) is 10.2. The third-order valence-corrected chi connectivity index (χ3v) is 3.19.